The number of rotatable bonds is 9. The SMILES string of the molecule is COc1cc(C(=O)Nc2cc(C(=O)Nc3ccc(OC(F)(F)F)cc3)ccc2N2CC3CC(C2)c2cccc(=O)n2C3)cc(OC)c1OC. The van der Waals surface area contributed by atoms with Gasteiger partial charge in [-0.2, -0.15) is 0 Å². The summed E-state index contributed by atoms with van der Waals surface area (Å²) >= 11 is 0. The van der Waals surface area contributed by atoms with Crippen molar-refractivity contribution in [3.8, 4) is 23.0 Å². The molecule has 1 fully saturated rings. The van der Waals surface area contributed by atoms with Gasteiger partial charge >= 0.3 is 6.36 Å². The minimum Gasteiger partial charge on any atom is -0.493 e. The first-order chi connectivity index (χ1) is 23.5. The van der Waals surface area contributed by atoms with E-state index in [1.165, 1.54) is 45.6 Å². The summed E-state index contributed by atoms with van der Waals surface area (Å²) in [7, 11) is 4.33. The number of ether oxygens (including phenoxy) is 4. The molecule has 2 unspecified atom stereocenters. The molecule has 0 spiro atoms. The average molecular weight is 679 g/mol. The highest BCUT2D eigenvalue weighted by Crippen LogP contribution is 2.41. The maximum Gasteiger partial charge on any atom is 0.573 e. The number of alkyl halides is 3. The lowest BCUT2D eigenvalue weighted by Gasteiger charge is -2.44. The minimum atomic E-state index is -4.84. The van der Waals surface area contributed by atoms with Crippen LogP contribution in [0.4, 0.5) is 30.2 Å². The predicted molar refractivity (Wildman–Crippen MR) is 175 cm³/mol. The smallest absolute Gasteiger partial charge is 0.493 e. The van der Waals surface area contributed by atoms with Gasteiger partial charge in [0.1, 0.15) is 5.75 Å². The van der Waals surface area contributed by atoms with Gasteiger partial charge in [-0.3, -0.25) is 14.4 Å². The summed E-state index contributed by atoms with van der Waals surface area (Å²) in [5.74, 6) is -0.349. The highest BCUT2D eigenvalue weighted by molar-refractivity contribution is 6.09. The van der Waals surface area contributed by atoms with Gasteiger partial charge in [0.25, 0.3) is 17.4 Å². The topological polar surface area (TPSA) is 120 Å². The maximum atomic E-state index is 13.8. The first-order valence-electron chi connectivity index (χ1n) is 15.3. The lowest BCUT2D eigenvalue weighted by molar-refractivity contribution is -0.274. The number of hydrogen-bond donors (Lipinski definition) is 2. The Hall–Kier alpha value is -5.66. The quantitative estimate of drug-likeness (QED) is 0.225. The Morgan fingerprint density at radius 3 is 2.14 bits per heavy atom. The van der Waals surface area contributed by atoms with E-state index in [9.17, 15) is 27.6 Å². The molecule has 1 saturated heterocycles. The summed E-state index contributed by atoms with van der Waals surface area (Å²) in [6.45, 7) is 1.76. The summed E-state index contributed by atoms with van der Waals surface area (Å²) in [5.41, 5.74) is 2.59. The number of nitrogens with one attached hydrogen (secondary N) is 2. The summed E-state index contributed by atoms with van der Waals surface area (Å²) in [6.07, 6.45) is -3.93. The second kappa shape index (κ2) is 13.5. The summed E-state index contributed by atoms with van der Waals surface area (Å²) in [6, 6.07) is 18.0. The van der Waals surface area contributed by atoms with Gasteiger partial charge in [-0.25, -0.2) is 0 Å². The number of carbonyl (C=O) groups is 2. The fourth-order valence-electron chi connectivity index (χ4n) is 6.50. The summed E-state index contributed by atoms with van der Waals surface area (Å²) in [4.78, 5) is 41.9. The third-order valence-corrected chi connectivity index (χ3v) is 8.60. The number of benzene rings is 3. The number of amides is 2. The number of methoxy groups -OCH3 is 3. The molecular weight excluding hydrogens is 645 g/mol. The lowest BCUT2D eigenvalue weighted by atomic mass is 9.83. The van der Waals surface area contributed by atoms with Gasteiger partial charge in [0.15, 0.2) is 11.5 Å². The van der Waals surface area contributed by atoms with E-state index in [2.05, 4.69) is 20.3 Å². The number of halogens is 3. The first kappa shape index (κ1) is 33.2. The Labute approximate surface area is 279 Å². The number of fused-ring (bicyclic) bond motifs is 4. The number of carbonyl (C=O) groups excluding carboxylic acids is 2. The number of hydrogen-bond acceptors (Lipinski definition) is 8. The van der Waals surface area contributed by atoms with Crippen LogP contribution in [0.5, 0.6) is 23.0 Å². The van der Waals surface area contributed by atoms with Crippen LogP contribution in [0.3, 0.4) is 0 Å². The molecule has 1 aromatic heterocycles. The standard InChI is InChI=1S/C35H33F3N4O7/c1-46-29-15-22(16-30(47-2)32(29)48-3)34(45)40-26-14-21(33(44)39-24-8-10-25(11-9-24)49-35(36,37)38)7-12-28(26)41-17-20-13-23(19-41)27-5-4-6-31(43)42(27)18-20/h4-12,14-16,20,23H,13,17-19H2,1-3H3,(H,39,44)(H,40,45). The second-order valence-corrected chi connectivity index (χ2v) is 11.7. The van der Waals surface area contributed by atoms with Crippen LogP contribution < -0.4 is 40.0 Å². The molecule has 3 aromatic carbocycles. The molecule has 6 rings (SSSR count). The molecule has 49 heavy (non-hydrogen) atoms. The zero-order valence-corrected chi connectivity index (χ0v) is 26.8. The Kier molecular flexibility index (Phi) is 9.13. The van der Waals surface area contributed by atoms with Crippen molar-refractivity contribution in [2.45, 2.75) is 25.2 Å². The molecule has 2 N–H and O–H groups in total. The van der Waals surface area contributed by atoms with Gasteiger partial charge in [0.2, 0.25) is 5.75 Å². The van der Waals surface area contributed by atoms with Gasteiger partial charge < -0.3 is 39.0 Å². The highest BCUT2D eigenvalue weighted by Gasteiger charge is 2.36. The molecular formula is C35H33F3N4O7. The lowest BCUT2D eigenvalue weighted by Crippen LogP contribution is -2.47. The van der Waals surface area contributed by atoms with Crippen molar-refractivity contribution in [2.75, 3.05) is 50.0 Å². The molecule has 2 amide bonds. The Morgan fingerprint density at radius 2 is 1.49 bits per heavy atom. The average Bonchev–Trinajstić information content (AvgIpc) is 3.08. The Balaban J connectivity index is 1.32. The molecule has 3 heterocycles. The molecule has 2 aliphatic heterocycles. The predicted octanol–water partition coefficient (Wildman–Crippen LogP) is 5.90. The van der Waals surface area contributed by atoms with E-state index >= 15 is 0 Å². The fraction of sp³-hybridized carbons (Fsp3) is 0.286. The van der Waals surface area contributed by atoms with Crippen molar-refractivity contribution in [1.82, 2.24) is 4.57 Å². The van der Waals surface area contributed by atoms with Crippen LogP contribution in [0.1, 0.15) is 38.7 Å². The van der Waals surface area contributed by atoms with Crippen molar-refractivity contribution in [1.29, 1.82) is 0 Å². The van der Waals surface area contributed by atoms with E-state index in [0.717, 1.165) is 24.2 Å². The van der Waals surface area contributed by atoms with E-state index in [0.29, 0.717) is 36.8 Å². The van der Waals surface area contributed by atoms with Crippen LogP contribution >= 0.6 is 0 Å². The van der Waals surface area contributed by atoms with Gasteiger partial charge in [-0.1, -0.05) is 6.07 Å². The van der Waals surface area contributed by atoms with Crippen LogP contribution in [-0.4, -0.2) is 57.2 Å². The monoisotopic (exact) mass is 678 g/mol. The third kappa shape index (κ3) is 7.12. The molecule has 0 saturated carbocycles. The second-order valence-electron chi connectivity index (χ2n) is 11.7. The van der Waals surface area contributed by atoms with E-state index < -0.39 is 23.9 Å². The molecule has 0 radical (unpaired) electrons. The van der Waals surface area contributed by atoms with Gasteiger partial charge in [-0.15, -0.1) is 13.2 Å². The zero-order chi connectivity index (χ0) is 34.9. The van der Waals surface area contributed by atoms with Gasteiger partial charge in [-0.05, 0) is 73.0 Å². The van der Waals surface area contributed by atoms with Gasteiger partial charge in [0.05, 0.1) is 32.7 Å². The normalized spacial score (nSPS) is 16.7. The van der Waals surface area contributed by atoms with E-state index in [-0.39, 0.29) is 45.7 Å². The summed E-state index contributed by atoms with van der Waals surface area (Å²) in [5, 5.41) is 5.63. The minimum absolute atomic E-state index is 0.0307. The first-order valence-corrected chi connectivity index (χ1v) is 15.3. The van der Waals surface area contributed by atoms with Crippen molar-refractivity contribution >= 4 is 28.9 Å². The molecule has 256 valence electrons. The van der Waals surface area contributed by atoms with E-state index in [1.807, 2.05) is 10.6 Å². The van der Waals surface area contributed by atoms with Crippen molar-refractivity contribution < 1.29 is 41.7 Å². The maximum absolute atomic E-state index is 13.8. The molecule has 14 heteroatoms. The van der Waals surface area contributed by atoms with Crippen molar-refractivity contribution in [3.63, 3.8) is 0 Å². The van der Waals surface area contributed by atoms with Gasteiger partial charge in [0, 0.05) is 54.1 Å². The molecule has 2 bridgehead atoms. The molecule has 2 aliphatic rings. The van der Waals surface area contributed by atoms with Crippen molar-refractivity contribution in [2.24, 2.45) is 5.92 Å². The largest absolute Gasteiger partial charge is 0.573 e. The molecule has 11 nitrogen and oxygen atoms in total. The number of anilines is 3. The number of aromatic nitrogens is 1. The Bertz CT molecular complexity index is 1920. The number of pyridine rings is 1. The fourth-order valence-corrected chi connectivity index (χ4v) is 6.50. The summed E-state index contributed by atoms with van der Waals surface area (Å²) < 4.78 is 59.7. The molecule has 2 atom stereocenters. The number of nitrogens with zero attached hydrogens (tertiary/aromatic N) is 2. The van der Waals surface area contributed by atoms with E-state index in [4.69, 9.17) is 14.2 Å². The van der Waals surface area contributed by atoms with Crippen LogP contribution in [-0.2, 0) is 6.54 Å². The van der Waals surface area contributed by atoms with E-state index in [1.54, 1.807) is 30.3 Å². The number of piperidine rings is 1. The van der Waals surface area contributed by atoms with Crippen molar-refractivity contribution in [3.05, 3.63) is 100.0 Å². The molecule has 4 aromatic rings. The van der Waals surface area contributed by atoms with Crippen LogP contribution in [0.2, 0.25) is 0 Å². The Morgan fingerprint density at radius 1 is 0.796 bits per heavy atom. The molecule has 0 aliphatic carbocycles. The van der Waals surface area contributed by atoms with Crippen LogP contribution in [0.25, 0.3) is 0 Å². The van der Waals surface area contributed by atoms with Crippen LogP contribution in [0, 0.1) is 5.92 Å². The highest BCUT2D eigenvalue weighted by atomic mass is 19.4. The third-order valence-electron chi connectivity index (χ3n) is 8.60. The van der Waals surface area contributed by atoms with Crippen LogP contribution in [0.15, 0.2) is 77.6 Å². The zero-order valence-electron chi connectivity index (χ0n) is 26.8.